The van der Waals surface area contributed by atoms with Crippen LogP contribution in [0.25, 0.3) is 0 Å². The smallest absolute Gasteiger partial charge is 0.334 e. The first-order valence-corrected chi connectivity index (χ1v) is 9.29. The zero-order valence-corrected chi connectivity index (χ0v) is 16.1. The van der Waals surface area contributed by atoms with Crippen molar-refractivity contribution >= 4 is 23.7 Å². The summed E-state index contributed by atoms with van der Waals surface area (Å²) >= 11 is 0. The van der Waals surface area contributed by atoms with E-state index in [1.54, 1.807) is 17.9 Å². The van der Waals surface area contributed by atoms with E-state index in [0.29, 0.717) is 23.1 Å². The number of rotatable bonds is 5. The molecule has 1 saturated heterocycles. The summed E-state index contributed by atoms with van der Waals surface area (Å²) in [6.45, 7) is 4.11. The molecule has 3 amide bonds. The number of carbonyl (C=O) groups is 4. The van der Waals surface area contributed by atoms with Crippen LogP contribution in [0.2, 0.25) is 0 Å². The molecule has 0 aromatic heterocycles. The number of benzene rings is 1. The van der Waals surface area contributed by atoms with Crippen LogP contribution in [0.5, 0.6) is 11.5 Å². The van der Waals surface area contributed by atoms with Crippen molar-refractivity contribution in [1.29, 1.82) is 0 Å². The van der Waals surface area contributed by atoms with Crippen LogP contribution in [0.1, 0.15) is 38.7 Å². The maximum Gasteiger partial charge on any atom is 0.334 e. The fourth-order valence-electron chi connectivity index (χ4n) is 3.63. The van der Waals surface area contributed by atoms with E-state index in [9.17, 15) is 19.2 Å². The summed E-state index contributed by atoms with van der Waals surface area (Å²) < 4.78 is 10.7. The van der Waals surface area contributed by atoms with E-state index in [0.717, 1.165) is 16.8 Å². The Balaban J connectivity index is 1.43. The van der Waals surface area contributed by atoms with Gasteiger partial charge in [0, 0.05) is 18.5 Å². The summed E-state index contributed by atoms with van der Waals surface area (Å²) in [7, 11) is 0. The van der Waals surface area contributed by atoms with Crippen molar-refractivity contribution in [3.05, 3.63) is 35.0 Å². The van der Waals surface area contributed by atoms with Crippen molar-refractivity contribution in [2.45, 2.75) is 39.7 Å². The number of nitrogens with zero attached hydrogens (tertiary/aromatic N) is 2. The highest BCUT2D eigenvalue weighted by Crippen LogP contribution is 2.36. The van der Waals surface area contributed by atoms with Gasteiger partial charge in [-0.3, -0.25) is 14.4 Å². The molecule has 0 aliphatic carbocycles. The lowest BCUT2D eigenvalue weighted by Crippen LogP contribution is -2.34. The van der Waals surface area contributed by atoms with Gasteiger partial charge in [-0.2, -0.15) is 0 Å². The molecule has 1 fully saturated rings. The van der Waals surface area contributed by atoms with Crippen LogP contribution in [-0.2, 0) is 30.6 Å². The number of allylic oxidation sites excluding steroid dienone is 1. The molecule has 0 spiro atoms. The average Bonchev–Trinajstić information content (AvgIpc) is 3.34. The number of imide groups is 1. The highest BCUT2D eigenvalue weighted by molar-refractivity contribution is 6.01. The minimum atomic E-state index is -0.788. The van der Waals surface area contributed by atoms with Crippen LogP contribution < -0.4 is 9.47 Å². The van der Waals surface area contributed by atoms with E-state index < -0.39 is 23.7 Å². The summed E-state index contributed by atoms with van der Waals surface area (Å²) in [5, 5.41) is 0.498. The van der Waals surface area contributed by atoms with E-state index in [1.807, 2.05) is 19.1 Å². The number of amides is 3. The molecule has 4 rings (SSSR count). The van der Waals surface area contributed by atoms with Gasteiger partial charge in [0.25, 0.3) is 11.8 Å². The Hall–Kier alpha value is -3.36. The molecule has 3 aliphatic rings. The number of carbonyl (C=O) groups excluding carboxylic acids is 4. The highest BCUT2D eigenvalue weighted by atomic mass is 16.7. The van der Waals surface area contributed by atoms with E-state index in [-0.39, 0.29) is 32.0 Å². The fraction of sp³-hybridized carbons (Fsp3) is 0.400. The third kappa shape index (κ3) is 3.43. The van der Waals surface area contributed by atoms with Crippen molar-refractivity contribution in [3.8, 4) is 11.5 Å². The monoisotopic (exact) mass is 400 g/mol. The maximum atomic E-state index is 12.9. The molecule has 1 atom stereocenters. The highest BCUT2D eigenvalue weighted by Gasteiger charge is 2.39. The van der Waals surface area contributed by atoms with Crippen LogP contribution in [0.4, 0.5) is 0 Å². The number of hydrogen-bond acceptors (Lipinski definition) is 7. The van der Waals surface area contributed by atoms with Gasteiger partial charge in [0.15, 0.2) is 11.5 Å². The quantitative estimate of drug-likeness (QED) is 0.693. The summed E-state index contributed by atoms with van der Waals surface area (Å²) in [6, 6.07) is 5.48. The number of fused-ring (bicyclic) bond motifs is 1. The van der Waals surface area contributed by atoms with Crippen LogP contribution in [0.3, 0.4) is 0 Å². The summed E-state index contributed by atoms with van der Waals surface area (Å²) in [5.41, 5.74) is 2.39. The molecule has 1 unspecified atom stereocenters. The van der Waals surface area contributed by atoms with E-state index in [1.165, 1.54) is 0 Å². The summed E-state index contributed by atoms with van der Waals surface area (Å²) in [4.78, 5) is 54.9. The molecule has 0 radical (unpaired) electrons. The lowest BCUT2D eigenvalue weighted by molar-refractivity contribution is -0.198. The summed E-state index contributed by atoms with van der Waals surface area (Å²) in [5.74, 6) is -1.51. The molecule has 3 aliphatic heterocycles. The zero-order chi connectivity index (χ0) is 20.7. The van der Waals surface area contributed by atoms with Gasteiger partial charge in [0.1, 0.15) is 0 Å². The van der Waals surface area contributed by atoms with Gasteiger partial charge < -0.3 is 19.2 Å². The fourth-order valence-corrected chi connectivity index (χ4v) is 3.63. The Morgan fingerprint density at radius 3 is 2.52 bits per heavy atom. The molecule has 3 heterocycles. The topological polar surface area (TPSA) is 102 Å². The Kier molecular flexibility index (Phi) is 4.73. The van der Waals surface area contributed by atoms with Crippen LogP contribution in [0, 0.1) is 5.92 Å². The third-order valence-corrected chi connectivity index (χ3v) is 5.41. The van der Waals surface area contributed by atoms with Gasteiger partial charge >= 0.3 is 5.97 Å². The van der Waals surface area contributed by atoms with Crippen LogP contribution >= 0.6 is 0 Å². The van der Waals surface area contributed by atoms with Crippen LogP contribution in [0.15, 0.2) is 29.5 Å². The minimum Gasteiger partial charge on any atom is -0.454 e. The Labute approximate surface area is 166 Å². The Morgan fingerprint density at radius 2 is 1.79 bits per heavy atom. The second-order valence-electron chi connectivity index (χ2n) is 7.18. The first kappa shape index (κ1) is 19.0. The Morgan fingerprint density at radius 1 is 1.10 bits per heavy atom. The average molecular weight is 400 g/mol. The van der Waals surface area contributed by atoms with E-state index in [4.69, 9.17) is 14.3 Å². The molecule has 9 heteroatoms. The number of ether oxygens (including phenoxy) is 2. The van der Waals surface area contributed by atoms with Gasteiger partial charge in [-0.1, -0.05) is 6.07 Å². The number of hydrogen-bond donors (Lipinski definition) is 0. The molecule has 0 saturated carbocycles. The van der Waals surface area contributed by atoms with E-state index in [2.05, 4.69) is 0 Å². The maximum absolute atomic E-state index is 12.9. The van der Waals surface area contributed by atoms with Gasteiger partial charge in [-0.15, -0.1) is 5.06 Å². The standard InChI is InChI=1S/C20H20N2O7/c1-11-12(2)21(9-13-3-4-15-16(7-13)28-10-27-15)20(26)14(11)8-19(25)29-22-17(23)5-6-18(22)24/h3-4,7,14H,5-6,8-10H2,1-2H3. The molecular weight excluding hydrogens is 380 g/mol. The molecule has 152 valence electrons. The lowest BCUT2D eigenvalue weighted by Gasteiger charge is -2.20. The predicted molar refractivity (Wildman–Crippen MR) is 96.8 cm³/mol. The third-order valence-electron chi connectivity index (χ3n) is 5.41. The van der Waals surface area contributed by atoms with E-state index >= 15 is 0 Å². The van der Waals surface area contributed by atoms with Crippen molar-refractivity contribution < 1.29 is 33.5 Å². The minimum absolute atomic E-state index is 0.0236. The number of hydroxylamine groups is 2. The molecular formula is C20H20N2O7. The van der Waals surface area contributed by atoms with Gasteiger partial charge in [0.05, 0.1) is 18.9 Å². The first-order chi connectivity index (χ1) is 13.8. The lowest BCUT2D eigenvalue weighted by atomic mass is 9.98. The van der Waals surface area contributed by atoms with Crippen molar-refractivity contribution in [3.63, 3.8) is 0 Å². The van der Waals surface area contributed by atoms with Gasteiger partial charge in [-0.05, 0) is 37.1 Å². The normalized spacial score (nSPS) is 20.9. The molecule has 0 bridgehead atoms. The predicted octanol–water partition coefficient (Wildman–Crippen LogP) is 1.66. The second-order valence-corrected chi connectivity index (χ2v) is 7.18. The molecule has 1 aromatic carbocycles. The molecule has 29 heavy (non-hydrogen) atoms. The first-order valence-electron chi connectivity index (χ1n) is 9.29. The summed E-state index contributed by atoms with van der Waals surface area (Å²) in [6.07, 6.45) is -0.192. The van der Waals surface area contributed by atoms with Gasteiger partial charge in [-0.25, -0.2) is 4.79 Å². The largest absolute Gasteiger partial charge is 0.454 e. The van der Waals surface area contributed by atoms with Gasteiger partial charge in [0.2, 0.25) is 12.7 Å². The molecule has 9 nitrogen and oxygen atoms in total. The SMILES string of the molecule is CC1=C(C)N(Cc2ccc3c(c2)OCO3)C(=O)C1CC(=O)ON1C(=O)CCC1=O. The van der Waals surface area contributed by atoms with Crippen molar-refractivity contribution in [2.24, 2.45) is 5.92 Å². The zero-order valence-electron chi connectivity index (χ0n) is 16.1. The van der Waals surface area contributed by atoms with Crippen molar-refractivity contribution in [2.75, 3.05) is 6.79 Å². The van der Waals surface area contributed by atoms with Crippen molar-refractivity contribution in [1.82, 2.24) is 9.96 Å². The second kappa shape index (κ2) is 7.23. The molecule has 1 aromatic rings. The Bertz CT molecular complexity index is 936. The molecule has 0 N–H and O–H groups in total. The van der Waals surface area contributed by atoms with Crippen LogP contribution in [-0.4, -0.2) is 40.4 Å².